The average Bonchev–Trinajstić information content (AvgIpc) is 2.91. The minimum absolute atomic E-state index is 0.0627. The van der Waals surface area contributed by atoms with Gasteiger partial charge in [0.15, 0.2) is 0 Å². The number of amides is 1. The number of fused-ring (bicyclic) bond motifs is 1. The summed E-state index contributed by atoms with van der Waals surface area (Å²) >= 11 is 0. The Kier molecular flexibility index (Phi) is 3.93. The number of nitrogens with one attached hydrogen (secondary N) is 1. The fourth-order valence-corrected chi connectivity index (χ4v) is 3.21. The van der Waals surface area contributed by atoms with Crippen LogP contribution in [0.3, 0.4) is 0 Å². The second-order valence-electron chi connectivity index (χ2n) is 6.02. The Bertz CT molecular complexity index is 639. The molecular formula is C18H21NO2. The van der Waals surface area contributed by atoms with Crippen LogP contribution in [0, 0.1) is 0 Å². The first-order valence-corrected chi connectivity index (χ1v) is 7.62. The van der Waals surface area contributed by atoms with Crippen LogP contribution in [0.25, 0.3) is 10.8 Å². The van der Waals surface area contributed by atoms with Crippen molar-refractivity contribution in [1.82, 2.24) is 5.32 Å². The smallest absolute Gasteiger partial charge is 0.223 e. The highest BCUT2D eigenvalue weighted by molar-refractivity contribution is 5.86. The number of carbonyl (C=O) groups excluding carboxylic acids is 1. The monoisotopic (exact) mass is 283 g/mol. The largest absolute Gasteiger partial charge is 0.389 e. The van der Waals surface area contributed by atoms with Crippen molar-refractivity contribution in [3.05, 3.63) is 48.0 Å². The molecule has 0 spiro atoms. The van der Waals surface area contributed by atoms with Gasteiger partial charge < -0.3 is 10.4 Å². The van der Waals surface area contributed by atoms with Crippen LogP contribution in [0.5, 0.6) is 0 Å². The molecule has 1 saturated carbocycles. The van der Waals surface area contributed by atoms with E-state index in [0.29, 0.717) is 6.54 Å². The van der Waals surface area contributed by atoms with Crippen molar-refractivity contribution in [2.75, 3.05) is 0 Å². The van der Waals surface area contributed by atoms with Crippen LogP contribution in [0.15, 0.2) is 42.5 Å². The van der Waals surface area contributed by atoms with E-state index in [9.17, 15) is 9.90 Å². The summed E-state index contributed by atoms with van der Waals surface area (Å²) in [5.74, 6) is -0.0627. The van der Waals surface area contributed by atoms with Gasteiger partial charge in [-0.15, -0.1) is 0 Å². The highest BCUT2D eigenvalue weighted by Gasteiger charge is 2.33. The van der Waals surface area contributed by atoms with Crippen LogP contribution >= 0.6 is 0 Å². The molecule has 3 nitrogen and oxygen atoms in total. The van der Waals surface area contributed by atoms with E-state index < -0.39 is 5.60 Å². The second-order valence-corrected chi connectivity index (χ2v) is 6.02. The molecule has 1 aliphatic rings. The van der Waals surface area contributed by atoms with Crippen LogP contribution in [-0.4, -0.2) is 16.6 Å². The summed E-state index contributed by atoms with van der Waals surface area (Å²) in [6.45, 7) is 0.510. The number of hydrogen-bond acceptors (Lipinski definition) is 2. The molecule has 1 fully saturated rings. The average molecular weight is 283 g/mol. The fraction of sp³-hybridized carbons (Fsp3) is 0.389. The second kappa shape index (κ2) is 5.86. The van der Waals surface area contributed by atoms with Crippen molar-refractivity contribution >= 4 is 16.7 Å². The normalized spacial score (nSPS) is 17.0. The summed E-state index contributed by atoms with van der Waals surface area (Å²) in [4.78, 5) is 12.0. The molecule has 0 heterocycles. The summed E-state index contributed by atoms with van der Waals surface area (Å²) < 4.78 is 0. The SMILES string of the molecule is O=C(CC1(O)CCCC1)NCc1cccc2ccccc12. The number of rotatable bonds is 4. The maximum Gasteiger partial charge on any atom is 0.223 e. The maximum atomic E-state index is 12.0. The van der Waals surface area contributed by atoms with E-state index in [0.717, 1.165) is 31.2 Å². The van der Waals surface area contributed by atoms with Crippen molar-refractivity contribution in [3.63, 3.8) is 0 Å². The molecule has 0 unspecified atom stereocenters. The summed E-state index contributed by atoms with van der Waals surface area (Å²) in [5.41, 5.74) is 0.336. The van der Waals surface area contributed by atoms with E-state index in [2.05, 4.69) is 23.5 Å². The highest BCUT2D eigenvalue weighted by atomic mass is 16.3. The van der Waals surface area contributed by atoms with Gasteiger partial charge in [0.2, 0.25) is 5.91 Å². The summed E-state index contributed by atoms with van der Waals surface area (Å²) in [6, 6.07) is 14.3. The zero-order valence-corrected chi connectivity index (χ0v) is 12.1. The predicted molar refractivity (Wildman–Crippen MR) is 83.8 cm³/mol. The van der Waals surface area contributed by atoms with Crippen molar-refractivity contribution in [3.8, 4) is 0 Å². The molecule has 3 rings (SSSR count). The Labute approximate surface area is 125 Å². The van der Waals surface area contributed by atoms with E-state index >= 15 is 0 Å². The molecule has 0 radical (unpaired) electrons. The third-order valence-corrected chi connectivity index (χ3v) is 4.38. The Morgan fingerprint density at radius 3 is 2.62 bits per heavy atom. The van der Waals surface area contributed by atoms with Gasteiger partial charge in [0, 0.05) is 6.54 Å². The standard InChI is InChI=1S/C18H21NO2/c20-17(12-18(21)10-3-4-11-18)19-13-15-8-5-7-14-6-1-2-9-16(14)15/h1-2,5-9,21H,3-4,10-13H2,(H,19,20). The Balaban J connectivity index is 1.65. The molecule has 0 aliphatic heterocycles. The van der Waals surface area contributed by atoms with Gasteiger partial charge in [0.25, 0.3) is 0 Å². The third-order valence-electron chi connectivity index (χ3n) is 4.38. The summed E-state index contributed by atoms with van der Waals surface area (Å²) in [5, 5.41) is 15.6. The molecular weight excluding hydrogens is 262 g/mol. The van der Waals surface area contributed by atoms with Crippen molar-refractivity contribution in [1.29, 1.82) is 0 Å². The minimum atomic E-state index is -0.775. The molecule has 0 atom stereocenters. The van der Waals surface area contributed by atoms with Crippen molar-refractivity contribution < 1.29 is 9.90 Å². The lowest BCUT2D eigenvalue weighted by Gasteiger charge is -2.21. The summed E-state index contributed by atoms with van der Waals surface area (Å²) in [7, 11) is 0. The molecule has 1 amide bonds. The molecule has 0 aromatic heterocycles. The highest BCUT2D eigenvalue weighted by Crippen LogP contribution is 2.32. The van der Waals surface area contributed by atoms with E-state index in [-0.39, 0.29) is 12.3 Å². The molecule has 2 N–H and O–H groups in total. The first kappa shape index (κ1) is 14.1. The van der Waals surface area contributed by atoms with Gasteiger partial charge in [-0.25, -0.2) is 0 Å². The molecule has 110 valence electrons. The quantitative estimate of drug-likeness (QED) is 0.905. The molecule has 21 heavy (non-hydrogen) atoms. The predicted octanol–water partition coefficient (Wildman–Crippen LogP) is 3.15. The molecule has 1 aliphatic carbocycles. The molecule has 0 saturated heterocycles. The van der Waals surface area contributed by atoms with Gasteiger partial charge in [-0.3, -0.25) is 4.79 Å². The van der Waals surface area contributed by atoms with Crippen LogP contribution in [0.1, 0.15) is 37.7 Å². The topological polar surface area (TPSA) is 49.3 Å². The first-order chi connectivity index (χ1) is 10.2. The lowest BCUT2D eigenvalue weighted by Crippen LogP contribution is -2.34. The Hall–Kier alpha value is -1.87. The van der Waals surface area contributed by atoms with Crippen LogP contribution in [0.4, 0.5) is 0 Å². The van der Waals surface area contributed by atoms with Gasteiger partial charge in [-0.05, 0) is 29.2 Å². The van der Waals surface area contributed by atoms with Gasteiger partial charge in [0.05, 0.1) is 12.0 Å². The van der Waals surface area contributed by atoms with E-state index in [1.165, 1.54) is 10.8 Å². The lowest BCUT2D eigenvalue weighted by atomic mass is 9.97. The number of aliphatic hydroxyl groups is 1. The third kappa shape index (κ3) is 3.24. The Morgan fingerprint density at radius 2 is 1.81 bits per heavy atom. The minimum Gasteiger partial charge on any atom is -0.389 e. The van der Waals surface area contributed by atoms with Crippen LogP contribution in [-0.2, 0) is 11.3 Å². The van der Waals surface area contributed by atoms with Crippen LogP contribution in [0.2, 0.25) is 0 Å². The maximum absolute atomic E-state index is 12.0. The first-order valence-electron chi connectivity index (χ1n) is 7.62. The fourth-order valence-electron chi connectivity index (χ4n) is 3.21. The molecule has 2 aromatic rings. The molecule has 0 bridgehead atoms. The summed E-state index contributed by atoms with van der Waals surface area (Å²) in [6.07, 6.45) is 3.75. The number of carbonyl (C=O) groups is 1. The van der Waals surface area contributed by atoms with Gasteiger partial charge >= 0.3 is 0 Å². The van der Waals surface area contributed by atoms with Crippen molar-refractivity contribution in [2.45, 2.75) is 44.2 Å². The zero-order valence-electron chi connectivity index (χ0n) is 12.1. The lowest BCUT2D eigenvalue weighted by molar-refractivity contribution is -0.126. The number of hydrogen-bond donors (Lipinski definition) is 2. The molecule has 3 heteroatoms. The van der Waals surface area contributed by atoms with Gasteiger partial charge in [0.1, 0.15) is 0 Å². The van der Waals surface area contributed by atoms with Gasteiger partial charge in [-0.2, -0.15) is 0 Å². The number of benzene rings is 2. The van der Waals surface area contributed by atoms with E-state index in [4.69, 9.17) is 0 Å². The van der Waals surface area contributed by atoms with E-state index in [1.54, 1.807) is 0 Å². The van der Waals surface area contributed by atoms with E-state index in [1.807, 2.05) is 24.3 Å². The van der Waals surface area contributed by atoms with Gasteiger partial charge in [-0.1, -0.05) is 55.3 Å². The van der Waals surface area contributed by atoms with Crippen LogP contribution < -0.4 is 5.32 Å². The molecule has 2 aromatic carbocycles. The Morgan fingerprint density at radius 1 is 1.10 bits per heavy atom. The van der Waals surface area contributed by atoms with Crippen molar-refractivity contribution in [2.24, 2.45) is 0 Å². The zero-order chi connectivity index (χ0) is 14.7.